The number of ether oxygens (including phenoxy) is 1. The molecule has 2 N–H and O–H groups in total. The molecule has 5 aliphatic carbocycles. The highest BCUT2D eigenvalue weighted by atomic mass is 35.5. The molecule has 0 aromatic rings. The number of likely N-dealkylation sites (tertiary alicyclic amines) is 1. The Balaban J connectivity index is 1.11. The van der Waals surface area contributed by atoms with Crippen LogP contribution < -0.4 is 5.32 Å². The first kappa shape index (κ1) is 25.5. The Morgan fingerprint density at radius 3 is 2.44 bits per heavy atom. The number of nitrogens with zero attached hydrogens (tertiary/aromatic N) is 1. The maximum absolute atomic E-state index is 13.9. The van der Waals surface area contributed by atoms with E-state index in [4.69, 9.17) is 27.9 Å². The summed E-state index contributed by atoms with van der Waals surface area (Å²) in [5, 5.41) is 14.2. The second-order valence-corrected chi connectivity index (χ2v) is 13.1. The molecule has 0 spiro atoms. The van der Waals surface area contributed by atoms with Crippen LogP contribution in [-0.2, 0) is 9.53 Å². The Hall–Kier alpha value is -0.140. The van der Waals surface area contributed by atoms with Crippen molar-refractivity contribution in [3.05, 3.63) is 0 Å². The lowest BCUT2D eigenvalue weighted by molar-refractivity contribution is -0.142. The molecule has 1 saturated heterocycles. The van der Waals surface area contributed by atoms with Crippen molar-refractivity contribution in [3.8, 4) is 0 Å². The number of carbonyl (C=O) groups excluding carboxylic acids is 1. The topological polar surface area (TPSA) is 61.8 Å². The van der Waals surface area contributed by atoms with Gasteiger partial charge in [-0.25, -0.2) is 4.39 Å². The van der Waals surface area contributed by atoms with E-state index in [2.05, 4.69) is 10.2 Å². The van der Waals surface area contributed by atoms with Crippen LogP contribution in [0.5, 0.6) is 0 Å². The van der Waals surface area contributed by atoms with E-state index >= 15 is 0 Å². The quantitative estimate of drug-likeness (QED) is 0.506. The Bertz CT molecular complexity index is 727. The molecule has 5 saturated carbocycles. The molecule has 194 valence electrons. The fourth-order valence-corrected chi connectivity index (χ4v) is 8.24. The number of hydrogen-bond acceptors (Lipinski definition) is 4. The lowest BCUT2D eigenvalue weighted by atomic mass is 9.59. The van der Waals surface area contributed by atoms with Crippen LogP contribution in [-0.4, -0.2) is 75.8 Å². The van der Waals surface area contributed by atoms with Crippen molar-refractivity contribution >= 4 is 29.1 Å². The van der Waals surface area contributed by atoms with Crippen molar-refractivity contribution in [1.29, 1.82) is 0 Å². The normalized spacial score (nSPS) is 47.6. The predicted octanol–water partition coefficient (Wildman–Crippen LogP) is 4.55. The van der Waals surface area contributed by atoms with Crippen molar-refractivity contribution in [2.24, 2.45) is 11.8 Å². The van der Waals surface area contributed by atoms with Gasteiger partial charge in [-0.05, 0) is 95.4 Å². The van der Waals surface area contributed by atoms with Crippen LogP contribution >= 0.6 is 23.2 Å². The maximum atomic E-state index is 13.9. The van der Waals surface area contributed by atoms with Crippen LogP contribution in [0.4, 0.5) is 4.39 Å². The minimum absolute atomic E-state index is 0.0805. The lowest BCUT2D eigenvalue weighted by Crippen LogP contribution is -2.70. The molecule has 6 fully saturated rings. The van der Waals surface area contributed by atoms with E-state index < -0.39 is 23.2 Å². The fourth-order valence-electron chi connectivity index (χ4n) is 7.76. The molecule has 8 heteroatoms. The minimum atomic E-state index is -1.07. The first-order chi connectivity index (χ1) is 16.3. The van der Waals surface area contributed by atoms with Gasteiger partial charge in [0.15, 0.2) is 0 Å². The molecule has 5 nitrogen and oxygen atoms in total. The second kappa shape index (κ2) is 10.3. The highest BCUT2D eigenvalue weighted by Gasteiger charge is 2.57. The van der Waals surface area contributed by atoms with Crippen LogP contribution in [0.15, 0.2) is 0 Å². The Morgan fingerprint density at radius 2 is 1.76 bits per heavy atom. The third-order valence-electron chi connectivity index (χ3n) is 10.0. The molecule has 0 aromatic heterocycles. The summed E-state index contributed by atoms with van der Waals surface area (Å²) in [4.78, 5) is 15.4. The summed E-state index contributed by atoms with van der Waals surface area (Å²) in [6.45, 7) is 2.20. The number of hydrogen-bond donors (Lipinski definition) is 2. The van der Waals surface area contributed by atoms with Crippen LogP contribution in [0.2, 0.25) is 0 Å². The molecular formula is C26H41Cl2FN2O3. The molecule has 0 radical (unpaired) electrons. The molecule has 5 atom stereocenters. The summed E-state index contributed by atoms with van der Waals surface area (Å²) in [7, 11) is 0. The van der Waals surface area contributed by atoms with Crippen molar-refractivity contribution in [2.75, 3.05) is 19.7 Å². The van der Waals surface area contributed by atoms with Gasteiger partial charge in [0.1, 0.15) is 12.8 Å². The fraction of sp³-hybridized carbons (Fsp3) is 0.962. The number of aliphatic hydroxyl groups is 1. The molecule has 1 aliphatic heterocycles. The molecule has 5 unspecified atom stereocenters. The largest absolute Gasteiger partial charge is 0.391 e. The molecule has 2 bridgehead atoms. The zero-order valence-corrected chi connectivity index (χ0v) is 21.7. The summed E-state index contributed by atoms with van der Waals surface area (Å²) in [6.07, 6.45) is 10.1. The van der Waals surface area contributed by atoms with Gasteiger partial charge in [0.2, 0.25) is 5.91 Å². The van der Waals surface area contributed by atoms with Crippen molar-refractivity contribution in [2.45, 2.75) is 124 Å². The molecular weight excluding hydrogens is 478 g/mol. The summed E-state index contributed by atoms with van der Waals surface area (Å²) < 4.78 is 19.6. The van der Waals surface area contributed by atoms with E-state index in [9.17, 15) is 14.3 Å². The lowest BCUT2D eigenvalue weighted by Gasteiger charge is -2.59. The summed E-state index contributed by atoms with van der Waals surface area (Å²) in [5.41, 5.74) is -0.465. The second-order valence-electron chi connectivity index (χ2n) is 11.9. The number of amides is 1. The zero-order valence-electron chi connectivity index (χ0n) is 20.2. The predicted molar refractivity (Wildman–Crippen MR) is 132 cm³/mol. The van der Waals surface area contributed by atoms with Crippen molar-refractivity contribution < 1.29 is 19.0 Å². The minimum Gasteiger partial charge on any atom is -0.391 e. The summed E-state index contributed by atoms with van der Waals surface area (Å²) >= 11 is 12.3. The van der Waals surface area contributed by atoms with Gasteiger partial charge in [-0.1, -0.05) is 0 Å². The molecule has 1 amide bonds. The molecule has 0 aromatic carbocycles. The van der Waals surface area contributed by atoms with Gasteiger partial charge in [-0.2, -0.15) is 0 Å². The van der Waals surface area contributed by atoms with Crippen LogP contribution in [0.1, 0.15) is 83.5 Å². The highest BCUT2D eigenvalue weighted by molar-refractivity contribution is 6.21. The van der Waals surface area contributed by atoms with Gasteiger partial charge in [-0.15, -0.1) is 23.2 Å². The molecule has 6 aliphatic rings. The van der Waals surface area contributed by atoms with Gasteiger partial charge in [0.25, 0.3) is 0 Å². The van der Waals surface area contributed by atoms with Crippen LogP contribution in [0, 0.1) is 11.8 Å². The molecule has 6 rings (SSSR count). The van der Waals surface area contributed by atoms with Gasteiger partial charge >= 0.3 is 0 Å². The number of carbonyl (C=O) groups is 1. The number of alkyl halides is 3. The van der Waals surface area contributed by atoms with Crippen LogP contribution in [0.25, 0.3) is 0 Å². The van der Waals surface area contributed by atoms with Crippen LogP contribution in [0.3, 0.4) is 0 Å². The van der Waals surface area contributed by atoms with E-state index in [0.717, 1.165) is 69.9 Å². The first-order valence-corrected chi connectivity index (χ1v) is 14.4. The summed E-state index contributed by atoms with van der Waals surface area (Å²) in [6, 6.07) is 0. The third kappa shape index (κ3) is 5.14. The monoisotopic (exact) mass is 518 g/mol. The van der Waals surface area contributed by atoms with Crippen molar-refractivity contribution in [3.63, 3.8) is 0 Å². The van der Waals surface area contributed by atoms with Crippen molar-refractivity contribution in [1.82, 2.24) is 10.2 Å². The van der Waals surface area contributed by atoms with Gasteiger partial charge in [0.05, 0.1) is 23.1 Å². The average molecular weight is 520 g/mol. The smallest absolute Gasteiger partial charge is 0.246 e. The number of rotatable bonds is 6. The number of nitrogens with one attached hydrogen (secondary N) is 1. The van der Waals surface area contributed by atoms with Gasteiger partial charge in [0, 0.05) is 23.9 Å². The standard InChI is InChI=1S/C26H41Cl2FN2O3/c27-19-3-1-17(2-4-19)18-7-12-31(15-18)25-8-10-26(11-9-25,23(32)14-25)30-24(33)16-34-20-5-6-21(28)22(29)13-20/h17-23,32H,1-16H2,(H,30,33). The maximum Gasteiger partial charge on any atom is 0.246 e. The zero-order chi connectivity index (χ0) is 23.9. The average Bonchev–Trinajstić information content (AvgIpc) is 3.33. The number of halogens is 3. The Kier molecular flexibility index (Phi) is 7.74. The van der Waals surface area contributed by atoms with Gasteiger partial charge in [-0.3, -0.25) is 9.69 Å². The molecule has 1 heterocycles. The highest BCUT2D eigenvalue weighted by Crippen LogP contribution is 2.52. The number of aliphatic hydroxyl groups excluding tert-OH is 1. The van der Waals surface area contributed by atoms with E-state index in [1.165, 1.54) is 19.3 Å². The Morgan fingerprint density at radius 1 is 1.03 bits per heavy atom. The van der Waals surface area contributed by atoms with E-state index in [-0.39, 0.29) is 30.6 Å². The van der Waals surface area contributed by atoms with E-state index in [1.807, 2.05) is 0 Å². The van der Waals surface area contributed by atoms with E-state index in [0.29, 0.717) is 18.2 Å². The Labute approximate surface area is 213 Å². The summed E-state index contributed by atoms with van der Waals surface area (Å²) in [5.74, 6) is 1.37. The van der Waals surface area contributed by atoms with E-state index in [1.54, 1.807) is 0 Å². The third-order valence-corrected chi connectivity index (χ3v) is 11.0. The SMILES string of the molecule is O=C(COC1CCC(Cl)C(F)C1)NC12CCC(N3CCC(C4CCC(Cl)CC4)C3)(CC1)CC2O. The first-order valence-electron chi connectivity index (χ1n) is 13.6. The molecule has 34 heavy (non-hydrogen) atoms. The van der Waals surface area contributed by atoms with Gasteiger partial charge < -0.3 is 15.2 Å². The number of fused-ring (bicyclic) bond motifs is 3.